The van der Waals surface area contributed by atoms with Crippen molar-refractivity contribution >= 4 is 34.5 Å². The van der Waals surface area contributed by atoms with Crippen LogP contribution in [0, 0.1) is 68.0 Å². The van der Waals surface area contributed by atoms with Crippen LogP contribution < -0.4 is 5.32 Å². The maximum Gasteiger partial charge on any atom is 0.309 e. The number of rotatable bonds is 8. The number of carboxylic acids is 1. The number of carboxylic acid groups (broad SMARTS) is 1. The Hall–Kier alpha value is -3.55. The smallest absolute Gasteiger partial charge is 0.309 e. The number of fused-ring (bicyclic) bond motifs is 8. The highest BCUT2D eigenvalue weighted by Gasteiger charge is 2.70. The number of nitrogens with one attached hydrogen (secondary N) is 1. The maximum absolute atomic E-state index is 14.1. The number of aliphatic carboxylic acids is 1. The van der Waals surface area contributed by atoms with Gasteiger partial charge in [-0.3, -0.25) is 19.2 Å². The van der Waals surface area contributed by atoms with Crippen molar-refractivity contribution in [1.82, 2.24) is 10.3 Å². The van der Waals surface area contributed by atoms with Gasteiger partial charge in [0.25, 0.3) is 5.91 Å². The molecule has 8 heteroatoms. The topological polar surface area (TPSA) is 123 Å². The number of hydrogen-bond acceptors (Lipinski definition) is 6. The van der Waals surface area contributed by atoms with Gasteiger partial charge in [0.05, 0.1) is 17.4 Å². The summed E-state index contributed by atoms with van der Waals surface area (Å²) in [5.74, 6) is -0.377. The first kappa shape index (κ1) is 40.2. The molecule has 2 aromatic rings. The number of para-hydroxylation sites is 1. The number of carbonyl (C=O) groups is 4. The second kappa shape index (κ2) is 13.5. The van der Waals surface area contributed by atoms with Gasteiger partial charge < -0.3 is 15.2 Å². The molecule has 8 nitrogen and oxygen atoms in total. The van der Waals surface area contributed by atoms with Crippen LogP contribution in [0.1, 0.15) is 143 Å². The Balaban J connectivity index is 1.02. The standard InChI is InChI=1S/C49H66N2O6/c1-28(2)39-35(52)27-49(24-25-50-41(53)34-16-14-29-12-10-11-13-33(29)51-34)23-22-47(8)30(40(39)49)15-17-37-46(7)20-19-38(45(5,6)36(46)18-21-48(37,47)9)57-43(56)32-26-31(42(54)55)44(32,3)4/h10-14,16,28,30-32,36-38H,15,17-27H2,1-9H3,(H,50,53)(H,54,55)/t30-,31+,32-,36+,37-,38+,46+,47-,48-,49-/m1/s1. The third-order valence-corrected chi connectivity index (χ3v) is 18.3. The van der Waals surface area contributed by atoms with Crippen molar-refractivity contribution < 1.29 is 29.0 Å². The molecule has 6 aliphatic rings. The number of ketones is 1. The summed E-state index contributed by atoms with van der Waals surface area (Å²) >= 11 is 0. The summed E-state index contributed by atoms with van der Waals surface area (Å²) in [5, 5.41) is 13.9. The fraction of sp³-hybridized carbons (Fsp3) is 0.694. The van der Waals surface area contributed by atoms with Crippen molar-refractivity contribution in [2.24, 2.45) is 68.0 Å². The number of aromatic nitrogens is 1. The Morgan fingerprint density at radius 3 is 2.28 bits per heavy atom. The molecule has 2 N–H and O–H groups in total. The molecule has 1 aromatic heterocycles. The van der Waals surface area contributed by atoms with E-state index in [2.05, 4.69) is 58.8 Å². The van der Waals surface area contributed by atoms with E-state index < -0.39 is 17.3 Å². The number of benzene rings is 1. The fourth-order valence-electron chi connectivity index (χ4n) is 14.9. The molecule has 0 radical (unpaired) electrons. The lowest BCUT2D eigenvalue weighted by Crippen LogP contribution is -2.66. The highest BCUT2D eigenvalue weighted by atomic mass is 16.5. The Kier molecular flexibility index (Phi) is 9.52. The molecule has 10 atom stereocenters. The Labute approximate surface area is 339 Å². The summed E-state index contributed by atoms with van der Waals surface area (Å²) in [6.07, 6.45) is 9.77. The molecule has 5 saturated carbocycles. The van der Waals surface area contributed by atoms with Crippen molar-refractivity contribution in [3.8, 4) is 0 Å². The molecule has 1 amide bonds. The summed E-state index contributed by atoms with van der Waals surface area (Å²) in [6, 6.07) is 11.6. The zero-order chi connectivity index (χ0) is 41.1. The average molecular weight is 779 g/mol. The number of amides is 1. The lowest BCUT2D eigenvalue weighted by Gasteiger charge is -2.72. The summed E-state index contributed by atoms with van der Waals surface area (Å²) in [7, 11) is 0. The monoisotopic (exact) mass is 778 g/mol. The minimum absolute atomic E-state index is 0.0374. The Morgan fingerprint density at radius 1 is 0.842 bits per heavy atom. The zero-order valence-electron chi connectivity index (χ0n) is 35.9. The van der Waals surface area contributed by atoms with Gasteiger partial charge >= 0.3 is 11.9 Å². The van der Waals surface area contributed by atoms with E-state index in [4.69, 9.17) is 4.74 Å². The summed E-state index contributed by atoms with van der Waals surface area (Å²) in [5.41, 5.74) is 2.91. The summed E-state index contributed by atoms with van der Waals surface area (Å²) in [4.78, 5) is 57.6. The lowest BCUT2D eigenvalue weighted by atomic mass is 9.33. The highest BCUT2D eigenvalue weighted by molar-refractivity contribution is 6.00. The molecule has 1 heterocycles. The van der Waals surface area contributed by atoms with Crippen molar-refractivity contribution in [3.05, 3.63) is 53.2 Å². The molecular weight excluding hydrogens is 713 g/mol. The average Bonchev–Trinajstić information content (AvgIpc) is 3.44. The summed E-state index contributed by atoms with van der Waals surface area (Å²) < 4.78 is 6.43. The van der Waals surface area contributed by atoms with Gasteiger partial charge in [0.2, 0.25) is 0 Å². The minimum Gasteiger partial charge on any atom is -0.481 e. The number of pyridine rings is 1. The van der Waals surface area contributed by atoms with E-state index in [0.29, 0.717) is 48.6 Å². The van der Waals surface area contributed by atoms with Crippen LogP contribution in [0.3, 0.4) is 0 Å². The van der Waals surface area contributed by atoms with E-state index >= 15 is 0 Å². The van der Waals surface area contributed by atoms with Crippen LogP contribution in [0.25, 0.3) is 10.9 Å². The van der Waals surface area contributed by atoms with E-state index in [-0.39, 0.29) is 56.9 Å². The number of esters is 1. The van der Waals surface area contributed by atoms with Gasteiger partial charge in [0, 0.05) is 29.2 Å². The third kappa shape index (κ3) is 5.82. The molecule has 308 valence electrons. The highest BCUT2D eigenvalue weighted by Crippen LogP contribution is 2.77. The molecule has 1 aromatic carbocycles. The van der Waals surface area contributed by atoms with Gasteiger partial charge in [-0.05, 0) is 127 Å². The predicted octanol–water partition coefficient (Wildman–Crippen LogP) is 9.99. The largest absolute Gasteiger partial charge is 0.481 e. The molecule has 0 saturated heterocycles. The normalized spacial score (nSPS) is 39.0. The molecule has 8 rings (SSSR count). The second-order valence-corrected chi connectivity index (χ2v) is 21.7. The Bertz CT molecular complexity index is 2050. The molecule has 57 heavy (non-hydrogen) atoms. The number of nitrogens with zero attached hydrogens (tertiary/aromatic N) is 1. The van der Waals surface area contributed by atoms with E-state index in [0.717, 1.165) is 74.3 Å². The quantitative estimate of drug-likeness (QED) is 0.256. The molecule has 5 fully saturated rings. The number of ether oxygens (including phenoxy) is 1. The van der Waals surface area contributed by atoms with Crippen LogP contribution in [0.5, 0.6) is 0 Å². The van der Waals surface area contributed by atoms with E-state index in [1.165, 1.54) is 5.57 Å². The van der Waals surface area contributed by atoms with Gasteiger partial charge in [-0.1, -0.05) is 92.2 Å². The van der Waals surface area contributed by atoms with Crippen LogP contribution in [-0.4, -0.2) is 46.4 Å². The van der Waals surface area contributed by atoms with E-state index in [9.17, 15) is 24.3 Å². The number of carbonyl (C=O) groups excluding carboxylic acids is 3. The minimum atomic E-state index is -0.828. The zero-order valence-corrected chi connectivity index (χ0v) is 35.9. The Morgan fingerprint density at radius 2 is 1.58 bits per heavy atom. The van der Waals surface area contributed by atoms with Crippen LogP contribution in [-0.2, 0) is 19.1 Å². The van der Waals surface area contributed by atoms with Crippen LogP contribution in [0.15, 0.2) is 47.5 Å². The third-order valence-electron chi connectivity index (χ3n) is 18.3. The number of hydrogen-bond donors (Lipinski definition) is 2. The first-order valence-corrected chi connectivity index (χ1v) is 22.1. The van der Waals surface area contributed by atoms with Gasteiger partial charge in [0.15, 0.2) is 5.78 Å². The number of allylic oxidation sites excluding steroid dienone is 2. The van der Waals surface area contributed by atoms with Crippen molar-refractivity contribution in [2.45, 2.75) is 139 Å². The van der Waals surface area contributed by atoms with Crippen molar-refractivity contribution in [3.63, 3.8) is 0 Å². The van der Waals surface area contributed by atoms with Crippen LogP contribution in [0.4, 0.5) is 0 Å². The maximum atomic E-state index is 14.1. The number of Topliss-reactive ketones (excluding diaryl/α,β-unsaturated/α-hetero) is 1. The van der Waals surface area contributed by atoms with E-state index in [1.807, 2.05) is 44.2 Å². The molecule has 0 bridgehead atoms. The molecule has 0 aliphatic heterocycles. The predicted molar refractivity (Wildman–Crippen MR) is 221 cm³/mol. The van der Waals surface area contributed by atoms with E-state index in [1.54, 1.807) is 6.07 Å². The second-order valence-electron chi connectivity index (χ2n) is 21.7. The van der Waals surface area contributed by atoms with Crippen molar-refractivity contribution in [2.75, 3.05) is 6.54 Å². The first-order chi connectivity index (χ1) is 26.7. The van der Waals surface area contributed by atoms with Crippen LogP contribution >= 0.6 is 0 Å². The van der Waals surface area contributed by atoms with Crippen molar-refractivity contribution in [1.29, 1.82) is 0 Å². The van der Waals surface area contributed by atoms with Gasteiger partial charge in [-0.2, -0.15) is 0 Å². The molecule has 0 spiro atoms. The van der Waals surface area contributed by atoms with Gasteiger partial charge in [-0.15, -0.1) is 0 Å². The van der Waals surface area contributed by atoms with Gasteiger partial charge in [0.1, 0.15) is 11.8 Å². The van der Waals surface area contributed by atoms with Crippen LogP contribution in [0.2, 0.25) is 0 Å². The summed E-state index contributed by atoms with van der Waals surface area (Å²) in [6.45, 7) is 21.0. The molecule has 0 unspecified atom stereocenters. The van der Waals surface area contributed by atoms with Gasteiger partial charge in [-0.25, -0.2) is 4.98 Å². The molecular formula is C49H66N2O6. The lowest BCUT2D eigenvalue weighted by molar-refractivity contribution is -0.236. The molecule has 6 aliphatic carbocycles. The SMILES string of the molecule is CC(C)C1=C2[C@H]3CC[C@@H]4[C@@]5(C)CC[C@H](OC(=O)[C@H]6C[C@@H](C(=O)O)C6(C)C)C(C)(C)[C@@H]5CC[C@@]4(C)[C@]3(C)CC[C@@]2(CCNC(=O)c2ccc3ccccc3n2)CC1=O. The first-order valence-electron chi connectivity index (χ1n) is 22.1. The fourth-order valence-corrected chi connectivity index (χ4v) is 14.9.